The molecule has 3 nitrogen and oxygen atoms in total. The van der Waals surface area contributed by atoms with Crippen molar-refractivity contribution in [3.05, 3.63) is 22.4 Å². The second-order valence-electron chi connectivity index (χ2n) is 3.99. The first-order valence-electron chi connectivity index (χ1n) is 5.08. The summed E-state index contributed by atoms with van der Waals surface area (Å²) in [5, 5.41) is 1.98. The number of rotatable bonds is 3. The van der Waals surface area contributed by atoms with Gasteiger partial charge in [-0.2, -0.15) is 0 Å². The Bertz CT molecular complexity index is 343. The van der Waals surface area contributed by atoms with E-state index in [0.29, 0.717) is 0 Å². The van der Waals surface area contributed by atoms with Crippen molar-refractivity contribution >= 4 is 17.3 Å². The average Bonchev–Trinajstić information content (AvgIpc) is 2.68. The highest BCUT2D eigenvalue weighted by molar-refractivity contribution is 7.10. The number of nitrogens with two attached hydrogens (primary N) is 1. The van der Waals surface area contributed by atoms with E-state index in [1.807, 2.05) is 17.5 Å². The first-order chi connectivity index (χ1) is 7.20. The van der Waals surface area contributed by atoms with Crippen LogP contribution in [0.25, 0.3) is 0 Å². The Morgan fingerprint density at radius 1 is 1.67 bits per heavy atom. The molecular formula is C11H15NO2S. The number of thiophene rings is 1. The zero-order chi connectivity index (χ0) is 10.9. The number of hydrogen-bond donors (Lipinski definition) is 1. The highest BCUT2D eigenvalue weighted by Crippen LogP contribution is 2.50. The van der Waals surface area contributed by atoms with Gasteiger partial charge in [-0.15, -0.1) is 11.3 Å². The Morgan fingerprint density at radius 2 is 2.40 bits per heavy atom. The number of carbonyl (C=O) groups excluding carboxylic acids is 1. The normalized spacial score (nSPS) is 20.4. The molecule has 0 spiro atoms. The lowest BCUT2D eigenvalue weighted by atomic mass is 9.64. The molecule has 1 saturated carbocycles. The van der Waals surface area contributed by atoms with E-state index < -0.39 is 5.41 Å². The zero-order valence-corrected chi connectivity index (χ0v) is 9.55. The van der Waals surface area contributed by atoms with Gasteiger partial charge in [-0.1, -0.05) is 12.5 Å². The summed E-state index contributed by atoms with van der Waals surface area (Å²) in [7, 11) is 1.43. The molecule has 15 heavy (non-hydrogen) atoms. The van der Waals surface area contributed by atoms with Gasteiger partial charge in [0.25, 0.3) is 0 Å². The minimum absolute atomic E-state index is 0.158. The molecule has 1 heterocycles. The van der Waals surface area contributed by atoms with Crippen molar-refractivity contribution in [2.75, 3.05) is 7.11 Å². The van der Waals surface area contributed by atoms with Gasteiger partial charge in [0.15, 0.2) is 0 Å². The summed E-state index contributed by atoms with van der Waals surface area (Å²) in [5.74, 6) is -0.158. The summed E-state index contributed by atoms with van der Waals surface area (Å²) in [4.78, 5) is 12.8. The predicted molar refractivity (Wildman–Crippen MR) is 59.5 cm³/mol. The van der Waals surface area contributed by atoms with E-state index in [1.165, 1.54) is 7.11 Å². The van der Waals surface area contributed by atoms with E-state index in [1.54, 1.807) is 11.3 Å². The maximum atomic E-state index is 11.8. The van der Waals surface area contributed by atoms with Crippen molar-refractivity contribution in [1.29, 1.82) is 0 Å². The molecule has 0 aliphatic heterocycles. The lowest BCUT2D eigenvalue weighted by molar-refractivity contribution is -0.160. The SMILES string of the molecule is COC(=O)C1(C(N)c2cccs2)CCC1. The Morgan fingerprint density at radius 3 is 2.80 bits per heavy atom. The van der Waals surface area contributed by atoms with Crippen LogP contribution in [0.3, 0.4) is 0 Å². The molecule has 0 aromatic carbocycles. The summed E-state index contributed by atoms with van der Waals surface area (Å²) in [5.41, 5.74) is 5.71. The zero-order valence-electron chi connectivity index (χ0n) is 8.73. The first kappa shape index (κ1) is 10.6. The fourth-order valence-electron chi connectivity index (χ4n) is 2.14. The molecular weight excluding hydrogens is 210 g/mol. The van der Waals surface area contributed by atoms with E-state index in [-0.39, 0.29) is 12.0 Å². The molecule has 2 rings (SSSR count). The summed E-state index contributed by atoms with van der Waals surface area (Å²) in [6.07, 6.45) is 2.76. The summed E-state index contributed by atoms with van der Waals surface area (Å²) >= 11 is 1.60. The molecule has 0 bridgehead atoms. The van der Waals surface area contributed by atoms with Crippen LogP contribution in [0.1, 0.15) is 30.2 Å². The van der Waals surface area contributed by atoms with Crippen molar-refractivity contribution in [2.24, 2.45) is 11.1 Å². The molecule has 1 aromatic heterocycles. The first-order valence-corrected chi connectivity index (χ1v) is 5.96. The molecule has 1 aliphatic carbocycles. The molecule has 0 amide bonds. The average molecular weight is 225 g/mol. The second kappa shape index (κ2) is 3.94. The van der Waals surface area contributed by atoms with Crippen LogP contribution < -0.4 is 5.73 Å². The van der Waals surface area contributed by atoms with Crippen LogP contribution in [0, 0.1) is 5.41 Å². The molecule has 1 unspecified atom stereocenters. The maximum Gasteiger partial charge on any atom is 0.313 e. The van der Waals surface area contributed by atoms with Crippen molar-refractivity contribution in [3.63, 3.8) is 0 Å². The van der Waals surface area contributed by atoms with Gasteiger partial charge < -0.3 is 10.5 Å². The smallest absolute Gasteiger partial charge is 0.313 e. The van der Waals surface area contributed by atoms with Crippen LogP contribution in [-0.4, -0.2) is 13.1 Å². The molecule has 1 aromatic rings. The minimum atomic E-state index is -0.459. The number of carbonyl (C=O) groups is 1. The number of esters is 1. The largest absolute Gasteiger partial charge is 0.469 e. The summed E-state index contributed by atoms with van der Waals surface area (Å²) in [6.45, 7) is 0. The molecule has 82 valence electrons. The molecule has 2 N–H and O–H groups in total. The minimum Gasteiger partial charge on any atom is -0.469 e. The lowest BCUT2D eigenvalue weighted by Gasteiger charge is -2.42. The Balaban J connectivity index is 2.23. The van der Waals surface area contributed by atoms with Crippen LogP contribution in [0.2, 0.25) is 0 Å². The Hall–Kier alpha value is -0.870. The standard InChI is InChI=1S/C11H15NO2S/c1-14-10(13)11(5-3-6-11)9(12)8-4-2-7-15-8/h2,4,7,9H,3,5-6,12H2,1H3. The summed E-state index contributed by atoms with van der Waals surface area (Å²) < 4.78 is 4.86. The van der Waals surface area contributed by atoms with Crippen LogP contribution in [0.4, 0.5) is 0 Å². The Labute approximate surface area is 93.2 Å². The molecule has 0 radical (unpaired) electrons. The number of methoxy groups -OCH3 is 1. The quantitative estimate of drug-likeness (QED) is 0.801. The topological polar surface area (TPSA) is 52.3 Å². The van der Waals surface area contributed by atoms with Gasteiger partial charge in [0, 0.05) is 4.88 Å². The molecule has 0 saturated heterocycles. The fourth-order valence-corrected chi connectivity index (χ4v) is 2.99. The van der Waals surface area contributed by atoms with Gasteiger partial charge in [0.05, 0.1) is 18.6 Å². The van der Waals surface area contributed by atoms with Gasteiger partial charge >= 0.3 is 5.97 Å². The van der Waals surface area contributed by atoms with Crippen molar-refractivity contribution in [3.8, 4) is 0 Å². The van der Waals surface area contributed by atoms with Crippen LogP contribution in [0.5, 0.6) is 0 Å². The van der Waals surface area contributed by atoms with E-state index in [0.717, 1.165) is 24.1 Å². The molecule has 1 fully saturated rings. The van der Waals surface area contributed by atoms with Crippen LogP contribution >= 0.6 is 11.3 Å². The third-order valence-corrected chi connectivity index (χ3v) is 4.24. The van der Waals surface area contributed by atoms with Crippen LogP contribution in [-0.2, 0) is 9.53 Å². The maximum absolute atomic E-state index is 11.8. The number of hydrogen-bond acceptors (Lipinski definition) is 4. The van der Waals surface area contributed by atoms with Crippen molar-refractivity contribution in [1.82, 2.24) is 0 Å². The highest BCUT2D eigenvalue weighted by atomic mass is 32.1. The van der Waals surface area contributed by atoms with Gasteiger partial charge in [-0.25, -0.2) is 0 Å². The second-order valence-corrected chi connectivity index (χ2v) is 4.97. The monoisotopic (exact) mass is 225 g/mol. The van der Waals surface area contributed by atoms with E-state index >= 15 is 0 Å². The fraction of sp³-hybridized carbons (Fsp3) is 0.545. The van der Waals surface area contributed by atoms with Crippen LogP contribution in [0.15, 0.2) is 17.5 Å². The van der Waals surface area contributed by atoms with Gasteiger partial charge in [-0.3, -0.25) is 4.79 Å². The van der Waals surface area contributed by atoms with E-state index in [2.05, 4.69) is 0 Å². The summed E-state index contributed by atoms with van der Waals surface area (Å²) in [6, 6.07) is 3.74. The third-order valence-electron chi connectivity index (χ3n) is 3.28. The van der Waals surface area contributed by atoms with Gasteiger partial charge in [0.1, 0.15) is 0 Å². The molecule has 1 aliphatic rings. The predicted octanol–water partition coefficient (Wildman–Crippen LogP) is 2.09. The van der Waals surface area contributed by atoms with E-state index in [4.69, 9.17) is 10.5 Å². The van der Waals surface area contributed by atoms with Gasteiger partial charge in [0.2, 0.25) is 0 Å². The van der Waals surface area contributed by atoms with Crippen molar-refractivity contribution in [2.45, 2.75) is 25.3 Å². The van der Waals surface area contributed by atoms with Gasteiger partial charge in [-0.05, 0) is 24.3 Å². The van der Waals surface area contributed by atoms with E-state index in [9.17, 15) is 4.79 Å². The molecule has 4 heteroatoms. The third kappa shape index (κ3) is 1.58. The Kier molecular flexibility index (Phi) is 2.80. The molecule has 1 atom stereocenters. The number of ether oxygens (including phenoxy) is 1. The van der Waals surface area contributed by atoms with Crippen molar-refractivity contribution < 1.29 is 9.53 Å². The lowest BCUT2D eigenvalue weighted by Crippen LogP contribution is -2.47. The highest BCUT2D eigenvalue weighted by Gasteiger charge is 2.50.